The summed E-state index contributed by atoms with van der Waals surface area (Å²) in [5.41, 5.74) is 6.49. The number of nitrogens with two attached hydrogens (primary N) is 1. The van der Waals surface area contributed by atoms with Gasteiger partial charge in [0.15, 0.2) is 0 Å². The summed E-state index contributed by atoms with van der Waals surface area (Å²) in [7, 11) is 0. The summed E-state index contributed by atoms with van der Waals surface area (Å²) < 4.78 is 0. The van der Waals surface area contributed by atoms with Crippen molar-refractivity contribution >= 4 is 16.8 Å². The van der Waals surface area contributed by atoms with Crippen LogP contribution in [0.5, 0.6) is 0 Å². The lowest BCUT2D eigenvalue weighted by Crippen LogP contribution is -1.81. The molecule has 0 aromatic carbocycles. The second kappa shape index (κ2) is 3.18. The summed E-state index contributed by atoms with van der Waals surface area (Å²) in [6.07, 6.45) is 1.97. The molecule has 0 aromatic rings. The molecule has 0 aliphatic carbocycles. The molecule has 0 aromatic heterocycles. The van der Waals surface area contributed by atoms with E-state index in [2.05, 4.69) is 0 Å². The summed E-state index contributed by atoms with van der Waals surface area (Å²) in [6, 6.07) is 0. The van der Waals surface area contributed by atoms with Crippen LogP contribution in [0, 0.1) is 0 Å². The molecule has 0 aliphatic rings. The molecular formula is C2H7NS. The Labute approximate surface area is 29.8 Å². The molecule has 0 bridgehead atoms. The first kappa shape index (κ1) is 4.18. The highest BCUT2D eigenvalue weighted by Gasteiger charge is 1.30. The number of rotatable bonds is 0. The van der Waals surface area contributed by atoms with Gasteiger partial charge in [-0.05, 0) is 11.7 Å². The van der Waals surface area contributed by atoms with E-state index < -0.39 is 0 Å². The number of thiol groups is 1. The van der Waals surface area contributed by atoms with Gasteiger partial charge in [-0.1, -0.05) is 0 Å². The Morgan fingerprint density at radius 1 is 2.00 bits per heavy atom. The van der Waals surface area contributed by atoms with Gasteiger partial charge in [0.05, 0.1) is 0 Å². The molecular weight excluding hydrogens is 70.1 g/mol. The van der Waals surface area contributed by atoms with E-state index in [1.807, 2.05) is 6.26 Å². The van der Waals surface area contributed by atoms with Gasteiger partial charge < -0.3 is 5.73 Å². The van der Waals surface area contributed by atoms with E-state index in [0.717, 1.165) is 11.4 Å². The third-order valence-electron chi connectivity index (χ3n) is 0.149. The molecule has 0 fully saturated rings. The van der Waals surface area contributed by atoms with E-state index in [1.165, 1.54) is 0 Å². The Kier molecular flexibility index (Phi) is 3.32. The van der Waals surface area contributed by atoms with Gasteiger partial charge in [-0.25, -0.2) is 0 Å². The van der Waals surface area contributed by atoms with Crippen LogP contribution in [0.2, 0.25) is 0 Å². The quantitative estimate of drug-likeness (QED) is 0.304. The fourth-order valence-corrected chi connectivity index (χ4v) is 0. The van der Waals surface area contributed by atoms with E-state index >= 15 is 0 Å². The highest BCUT2D eigenvalue weighted by molar-refractivity contribution is 7.96. The Morgan fingerprint density at radius 3 is 2.25 bits per heavy atom. The molecule has 0 saturated carbocycles. The van der Waals surface area contributed by atoms with Crippen LogP contribution < -0.4 is 5.73 Å². The lowest BCUT2D eigenvalue weighted by molar-refractivity contribution is 1.93. The molecule has 2 heteroatoms. The Hall–Kier alpha value is 0.180. The SMILES string of the molecule is C[SH]=CN. The molecule has 1 nitrogen and oxygen atoms in total. The zero-order valence-electron chi connectivity index (χ0n) is 2.60. The molecule has 0 unspecified atom stereocenters. The largest absolute Gasteiger partial charge is 0.304 e. The van der Waals surface area contributed by atoms with Gasteiger partial charge in [-0.2, -0.15) is 11.4 Å². The van der Waals surface area contributed by atoms with Gasteiger partial charge in [-0.15, -0.1) is 0 Å². The van der Waals surface area contributed by atoms with E-state index in [0.29, 0.717) is 0 Å². The zero-order valence-corrected chi connectivity index (χ0v) is 3.50. The van der Waals surface area contributed by atoms with Crippen LogP contribution >= 0.6 is 11.4 Å². The lowest BCUT2D eigenvalue weighted by Gasteiger charge is -1.54. The first-order valence-corrected chi connectivity index (χ1v) is 2.45. The molecule has 4 heavy (non-hydrogen) atoms. The van der Waals surface area contributed by atoms with E-state index in [9.17, 15) is 0 Å². The predicted octanol–water partition coefficient (Wildman–Crippen LogP) is -0.200. The molecule has 26 valence electrons. The average molecular weight is 77.2 g/mol. The van der Waals surface area contributed by atoms with Crippen molar-refractivity contribution in [2.24, 2.45) is 5.73 Å². The van der Waals surface area contributed by atoms with Crippen molar-refractivity contribution < 1.29 is 0 Å². The normalized spacial score (nSPS) is 11.5. The Balaban J connectivity index is 2.55. The van der Waals surface area contributed by atoms with E-state index in [1.54, 1.807) is 5.49 Å². The first-order valence-electron chi connectivity index (χ1n) is 1.04. The summed E-state index contributed by atoms with van der Waals surface area (Å²) in [5.74, 6) is 0. The van der Waals surface area contributed by atoms with E-state index in [-0.39, 0.29) is 0 Å². The van der Waals surface area contributed by atoms with Gasteiger partial charge in [0.1, 0.15) is 0 Å². The monoisotopic (exact) mass is 77.0 g/mol. The second-order valence-electron chi connectivity index (χ2n) is 0.407. The molecule has 0 radical (unpaired) electrons. The second-order valence-corrected chi connectivity index (χ2v) is 1.22. The van der Waals surface area contributed by atoms with Crippen LogP contribution in [0.15, 0.2) is 0 Å². The Bertz CT molecular complexity index is 21.2. The topological polar surface area (TPSA) is 26.0 Å². The van der Waals surface area contributed by atoms with Gasteiger partial charge in [0.25, 0.3) is 0 Å². The van der Waals surface area contributed by atoms with Crippen molar-refractivity contribution in [3.05, 3.63) is 0 Å². The minimum Gasteiger partial charge on any atom is -0.304 e. The van der Waals surface area contributed by atoms with E-state index in [4.69, 9.17) is 5.73 Å². The standard InChI is InChI=1S/C2H7NS/c1-4-2-3/h2,4H,3H2,1H3. The van der Waals surface area contributed by atoms with Gasteiger partial charge in [0, 0.05) is 0 Å². The molecule has 0 amide bonds. The maximum absolute atomic E-state index is 4.89. The maximum atomic E-state index is 4.89. The van der Waals surface area contributed by atoms with Crippen LogP contribution in [0.25, 0.3) is 0 Å². The minimum atomic E-state index is 1.15. The third-order valence-corrected chi connectivity index (χ3v) is 0.447. The highest BCUT2D eigenvalue weighted by atomic mass is 32.1. The van der Waals surface area contributed by atoms with Crippen molar-refractivity contribution in [3.63, 3.8) is 0 Å². The van der Waals surface area contributed by atoms with Crippen molar-refractivity contribution in [2.75, 3.05) is 6.26 Å². The lowest BCUT2D eigenvalue weighted by atomic mass is 11.6. The van der Waals surface area contributed by atoms with Gasteiger partial charge in [0.2, 0.25) is 0 Å². The highest BCUT2D eigenvalue weighted by Crippen LogP contribution is 1.56. The molecule has 0 atom stereocenters. The number of hydrogen-bond acceptors (Lipinski definition) is 0. The molecule has 0 spiro atoms. The summed E-state index contributed by atoms with van der Waals surface area (Å²) in [4.78, 5) is 0. The van der Waals surface area contributed by atoms with Crippen molar-refractivity contribution in [1.82, 2.24) is 0 Å². The summed E-state index contributed by atoms with van der Waals surface area (Å²) in [5, 5.41) is 0. The molecule has 2 N–H and O–H groups in total. The van der Waals surface area contributed by atoms with Crippen LogP contribution in [0.1, 0.15) is 0 Å². The molecule has 0 aliphatic heterocycles. The third kappa shape index (κ3) is 2.18. The van der Waals surface area contributed by atoms with Crippen LogP contribution in [0.3, 0.4) is 0 Å². The first-order chi connectivity index (χ1) is 1.91. The van der Waals surface area contributed by atoms with Gasteiger partial charge >= 0.3 is 0 Å². The fraction of sp³-hybridized carbons (Fsp3) is 0.500. The fourth-order valence-electron chi connectivity index (χ4n) is 0. The van der Waals surface area contributed by atoms with Crippen molar-refractivity contribution in [2.45, 2.75) is 0 Å². The maximum Gasteiger partial charge on any atom is -0.00449 e. The van der Waals surface area contributed by atoms with Crippen molar-refractivity contribution in [1.29, 1.82) is 0 Å². The minimum absolute atomic E-state index is 1.15. The van der Waals surface area contributed by atoms with Crippen LogP contribution in [0.4, 0.5) is 0 Å². The van der Waals surface area contributed by atoms with Gasteiger partial charge in [-0.3, -0.25) is 0 Å². The molecule has 0 rings (SSSR count). The molecule has 0 heterocycles. The Morgan fingerprint density at radius 2 is 2.25 bits per heavy atom. The van der Waals surface area contributed by atoms with Crippen molar-refractivity contribution in [3.8, 4) is 0 Å². The average Bonchev–Trinajstić information content (AvgIpc) is 1.37. The smallest absolute Gasteiger partial charge is 0.00449 e. The molecule has 0 saturated heterocycles. The summed E-state index contributed by atoms with van der Waals surface area (Å²) >= 11 is 1.15. The predicted molar refractivity (Wildman–Crippen MR) is 25.2 cm³/mol. The summed E-state index contributed by atoms with van der Waals surface area (Å²) in [6.45, 7) is 0. The zero-order chi connectivity index (χ0) is 3.41. The van der Waals surface area contributed by atoms with Crippen LogP contribution in [-0.4, -0.2) is 11.7 Å². The van der Waals surface area contributed by atoms with Crippen LogP contribution in [-0.2, 0) is 0 Å². The number of hydrogen-bond donors (Lipinski definition) is 2.